The molecule has 1 aromatic rings. The van der Waals surface area contributed by atoms with Gasteiger partial charge in [-0.15, -0.1) is 0 Å². The van der Waals surface area contributed by atoms with Crippen molar-refractivity contribution in [3.63, 3.8) is 0 Å². The van der Waals surface area contributed by atoms with Gasteiger partial charge in [0.1, 0.15) is 5.75 Å². The lowest BCUT2D eigenvalue weighted by Crippen LogP contribution is -2.55. The number of ether oxygens (including phenoxy) is 1. The number of hydrogen-bond donors (Lipinski definition) is 0. The molecular weight excluding hydrogens is 454 g/mol. The molecule has 0 saturated carbocycles. The van der Waals surface area contributed by atoms with Crippen LogP contribution in [0.15, 0.2) is 24.3 Å². The number of methoxy groups -OCH3 is 1. The van der Waals surface area contributed by atoms with E-state index < -0.39 is 9.84 Å². The number of hydrogen-bond acceptors (Lipinski definition) is 6. The first kappa shape index (κ1) is 25.0. The molecule has 4 rings (SSSR count). The summed E-state index contributed by atoms with van der Waals surface area (Å²) in [5.41, 5.74) is 0.891. The summed E-state index contributed by atoms with van der Waals surface area (Å²) in [6, 6.07) is 7.44. The van der Waals surface area contributed by atoms with Gasteiger partial charge in [-0.25, -0.2) is 8.42 Å². The Morgan fingerprint density at radius 3 is 2.50 bits per heavy atom. The second-order valence-electron chi connectivity index (χ2n) is 9.69. The maximum atomic E-state index is 13.8. The van der Waals surface area contributed by atoms with Crippen LogP contribution in [-0.2, 0) is 19.4 Å². The number of carbonyl (C=O) groups excluding carboxylic acids is 2. The normalized spacial score (nSPS) is 27.7. The van der Waals surface area contributed by atoms with E-state index in [0.29, 0.717) is 57.7 Å². The van der Waals surface area contributed by atoms with Crippen molar-refractivity contribution in [3.8, 4) is 5.75 Å². The summed E-state index contributed by atoms with van der Waals surface area (Å²) in [7, 11) is -1.30. The molecule has 3 fully saturated rings. The van der Waals surface area contributed by atoms with Crippen LogP contribution in [0.2, 0.25) is 0 Å². The number of amides is 2. The van der Waals surface area contributed by atoms with E-state index in [4.69, 9.17) is 4.74 Å². The summed E-state index contributed by atoms with van der Waals surface area (Å²) >= 11 is 0. The van der Waals surface area contributed by atoms with Crippen molar-refractivity contribution in [1.29, 1.82) is 0 Å². The maximum absolute atomic E-state index is 13.8. The van der Waals surface area contributed by atoms with Gasteiger partial charge in [0.25, 0.3) is 0 Å². The first-order valence-corrected chi connectivity index (χ1v) is 14.3. The lowest BCUT2D eigenvalue weighted by Gasteiger charge is -2.44. The van der Waals surface area contributed by atoms with Crippen LogP contribution in [0.3, 0.4) is 0 Å². The van der Waals surface area contributed by atoms with E-state index in [1.807, 2.05) is 34.1 Å². The highest BCUT2D eigenvalue weighted by atomic mass is 32.2. The number of unbranched alkanes of at least 4 members (excludes halogenated alkanes) is 1. The zero-order valence-electron chi connectivity index (χ0n) is 20.3. The van der Waals surface area contributed by atoms with Crippen LogP contribution in [0, 0.1) is 5.92 Å². The van der Waals surface area contributed by atoms with E-state index in [9.17, 15) is 18.0 Å². The van der Waals surface area contributed by atoms with Crippen molar-refractivity contribution in [2.45, 2.75) is 51.1 Å². The molecule has 0 aromatic heterocycles. The summed E-state index contributed by atoms with van der Waals surface area (Å²) in [4.78, 5) is 32.8. The summed E-state index contributed by atoms with van der Waals surface area (Å²) < 4.78 is 29.4. The third-order valence-corrected chi connectivity index (χ3v) is 9.33. The Kier molecular flexibility index (Phi) is 7.82. The van der Waals surface area contributed by atoms with Crippen LogP contribution in [0.1, 0.15) is 50.6 Å². The van der Waals surface area contributed by atoms with Crippen molar-refractivity contribution >= 4 is 21.7 Å². The molecule has 9 heteroatoms. The number of rotatable bonds is 7. The average Bonchev–Trinajstić information content (AvgIpc) is 3.22. The summed E-state index contributed by atoms with van der Waals surface area (Å²) in [6.45, 7) is 5.30. The van der Waals surface area contributed by atoms with Crippen molar-refractivity contribution in [1.82, 2.24) is 14.7 Å². The smallest absolute Gasteiger partial charge is 0.228 e. The van der Waals surface area contributed by atoms with Gasteiger partial charge in [0, 0.05) is 50.7 Å². The van der Waals surface area contributed by atoms with Crippen molar-refractivity contribution < 1.29 is 22.7 Å². The Labute approximate surface area is 203 Å². The van der Waals surface area contributed by atoms with Crippen LogP contribution in [0.25, 0.3) is 0 Å². The van der Waals surface area contributed by atoms with Crippen LogP contribution >= 0.6 is 0 Å². The van der Waals surface area contributed by atoms with Crippen molar-refractivity contribution in [3.05, 3.63) is 29.8 Å². The molecule has 1 aromatic carbocycles. The minimum atomic E-state index is -2.93. The van der Waals surface area contributed by atoms with Gasteiger partial charge in [-0.05, 0) is 25.3 Å². The number of piperazine rings is 1. The Morgan fingerprint density at radius 1 is 1.12 bits per heavy atom. The lowest BCUT2D eigenvalue weighted by molar-refractivity contribution is -0.149. The predicted molar refractivity (Wildman–Crippen MR) is 130 cm³/mol. The molecule has 3 heterocycles. The Bertz CT molecular complexity index is 990. The quantitative estimate of drug-likeness (QED) is 0.581. The van der Waals surface area contributed by atoms with Crippen molar-refractivity contribution in [2.24, 2.45) is 5.92 Å². The number of sulfone groups is 1. The summed E-state index contributed by atoms with van der Waals surface area (Å²) in [5, 5.41) is 0. The monoisotopic (exact) mass is 491 g/mol. The third kappa shape index (κ3) is 5.25. The number of likely N-dealkylation sites (tertiary alicyclic amines) is 1. The molecule has 8 nitrogen and oxygen atoms in total. The number of para-hydroxylation sites is 1. The van der Waals surface area contributed by atoms with Gasteiger partial charge in [-0.3, -0.25) is 14.5 Å². The van der Waals surface area contributed by atoms with E-state index in [0.717, 1.165) is 18.4 Å². The molecule has 2 amide bonds. The van der Waals surface area contributed by atoms with Gasteiger partial charge in [0.2, 0.25) is 11.8 Å². The average molecular weight is 492 g/mol. The maximum Gasteiger partial charge on any atom is 0.228 e. The predicted octanol–water partition coefficient (Wildman–Crippen LogP) is 2.11. The Hall–Kier alpha value is -2.13. The molecule has 0 aliphatic carbocycles. The first-order chi connectivity index (χ1) is 16.3. The second-order valence-corrected chi connectivity index (χ2v) is 11.9. The molecule has 0 spiro atoms. The van der Waals surface area contributed by atoms with Crippen LogP contribution in [-0.4, -0.2) is 92.3 Å². The van der Waals surface area contributed by atoms with Crippen molar-refractivity contribution in [2.75, 3.05) is 51.3 Å². The van der Waals surface area contributed by atoms with Crippen LogP contribution in [0.4, 0.5) is 0 Å². The molecule has 0 radical (unpaired) electrons. The highest BCUT2D eigenvalue weighted by Crippen LogP contribution is 2.41. The van der Waals surface area contributed by atoms with E-state index >= 15 is 0 Å². The molecular formula is C25H37N3O5S. The Balaban J connectivity index is 1.52. The first-order valence-electron chi connectivity index (χ1n) is 12.5. The molecule has 3 atom stereocenters. The third-order valence-electron chi connectivity index (χ3n) is 7.58. The van der Waals surface area contributed by atoms with E-state index in [1.54, 1.807) is 7.11 Å². The van der Waals surface area contributed by atoms with Gasteiger partial charge >= 0.3 is 0 Å². The zero-order valence-corrected chi connectivity index (χ0v) is 21.1. The minimum Gasteiger partial charge on any atom is -0.496 e. The fourth-order valence-corrected chi connectivity index (χ4v) is 7.47. The van der Waals surface area contributed by atoms with E-state index in [2.05, 4.69) is 11.8 Å². The van der Waals surface area contributed by atoms with Gasteiger partial charge in [0.15, 0.2) is 9.84 Å². The number of nitrogens with zero attached hydrogens (tertiary/aromatic N) is 3. The molecule has 3 saturated heterocycles. The molecule has 188 valence electrons. The highest BCUT2D eigenvalue weighted by Gasteiger charge is 2.44. The number of piperidine rings is 1. The van der Waals surface area contributed by atoms with Crippen LogP contribution in [0.5, 0.6) is 5.75 Å². The SMILES string of the molecule is CCCCN1C(=O)CC[C@H](C(=O)N2CCN([C@H]3CCS(=O)(=O)C3)CC2)[C@H]1c1ccccc1OC. The van der Waals surface area contributed by atoms with Crippen LogP contribution < -0.4 is 4.74 Å². The minimum absolute atomic E-state index is 0.0698. The summed E-state index contributed by atoms with van der Waals surface area (Å²) in [6.07, 6.45) is 3.46. The molecule has 3 aliphatic rings. The van der Waals surface area contributed by atoms with Gasteiger partial charge < -0.3 is 14.5 Å². The molecule has 3 aliphatic heterocycles. The van der Waals surface area contributed by atoms with Gasteiger partial charge in [-0.2, -0.15) is 0 Å². The van der Waals surface area contributed by atoms with E-state index in [-0.39, 0.29) is 41.3 Å². The molecule has 0 bridgehead atoms. The topological polar surface area (TPSA) is 87.2 Å². The fraction of sp³-hybridized carbons (Fsp3) is 0.680. The number of benzene rings is 1. The van der Waals surface area contributed by atoms with Gasteiger partial charge in [0.05, 0.1) is 30.6 Å². The second kappa shape index (κ2) is 10.6. The zero-order chi connectivity index (χ0) is 24.3. The summed E-state index contributed by atoms with van der Waals surface area (Å²) in [5.74, 6) is 1.07. The lowest BCUT2D eigenvalue weighted by atomic mass is 9.82. The fourth-order valence-electron chi connectivity index (χ4n) is 5.70. The standard InChI is InChI=1S/C25H37N3O5S/c1-3-4-12-28-23(29)10-9-21(24(28)20-7-5-6-8-22(20)33-2)25(30)27-15-13-26(14-16-27)19-11-17-34(31,32)18-19/h5-8,19,21,24H,3-4,9-18H2,1-2H3/t19-,21-,24+/m0/s1. The van der Waals surface area contributed by atoms with E-state index in [1.165, 1.54) is 0 Å². The van der Waals surface area contributed by atoms with Gasteiger partial charge in [-0.1, -0.05) is 31.5 Å². The molecule has 0 unspecified atom stereocenters. The Morgan fingerprint density at radius 2 is 1.85 bits per heavy atom. The molecule has 34 heavy (non-hydrogen) atoms. The number of carbonyl (C=O) groups is 2. The molecule has 0 N–H and O–H groups in total. The highest BCUT2D eigenvalue weighted by molar-refractivity contribution is 7.91. The largest absolute Gasteiger partial charge is 0.496 e.